The lowest BCUT2D eigenvalue weighted by Gasteiger charge is -2.07. The highest BCUT2D eigenvalue weighted by Gasteiger charge is 2.06. The maximum atomic E-state index is 7.33. The van der Waals surface area contributed by atoms with Gasteiger partial charge in [-0.1, -0.05) is 11.6 Å². The minimum Gasteiger partial charge on any atom is -0.486 e. The van der Waals surface area contributed by atoms with Gasteiger partial charge in [-0.2, -0.15) is 0 Å². The monoisotopic (exact) mass is 281 g/mol. The number of nitrogen functional groups attached to an aromatic ring is 1. The molecule has 0 fully saturated rings. The van der Waals surface area contributed by atoms with E-state index in [0.29, 0.717) is 22.9 Å². The van der Waals surface area contributed by atoms with Crippen molar-refractivity contribution in [3.8, 4) is 5.75 Å². The molecule has 0 amide bonds. The molecule has 0 bridgehead atoms. The molecule has 3 N–H and O–H groups in total. The third kappa shape index (κ3) is 3.00. The van der Waals surface area contributed by atoms with E-state index in [-0.39, 0.29) is 5.84 Å². The summed E-state index contributed by atoms with van der Waals surface area (Å²) in [5.74, 6) is 0.583. The number of ether oxygens (including phenoxy) is 1. The second-order valence-electron chi connectivity index (χ2n) is 3.73. The van der Waals surface area contributed by atoms with Crippen molar-refractivity contribution in [2.75, 3.05) is 0 Å². The van der Waals surface area contributed by atoms with Crippen molar-refractivity contribution in [3.05, 3.63) is 44.9 Å². The van der Waals surface area contributed by atoms with Gasteiger partial charge in [0.15, 0.2) is 0 Å². The molecule has 0 radical (unpaired) electrons. The van der Waals surface area contributed by atoms with Crippen LogP contribution in [-0.2, 0) is 6.61 Å². The Morgan fingerprint density at radius 1 is 1.56 bits per heavy atom. The molecule has 2 aromatic rings. The first kappa shape index (κ1) is 12.9. The number of nitrogens with one attached hydrogen (secondary N) is 1. The molecule has 1 aromatic carbocycles. The number of amidine groups is 1. The van der Waals surface area contributed by atoms with E-state index >= 15 is 0 Å². The first-order valence-corrected chi connectivity index (χ1v) is 6.50. The highest BCUT2D eigenvalue weighted by Crippen LogP contribution is 2.23. The minimum atomic E-state index is -0.0536. The number of nitrogens with two attached hydrogens (primary N) is 1. The second kappa shape index (κ2) is 5.37. The zero-order valence-corrected chi connectivity index (χ0v) is 11.3. The van der Waals surface area contributed by atoms with E-state index < -0.39 is 0 Å². The van der Waals surface area contributed by atoms with Gasteiger partial charge in [-0.15, -0.1) is 11.3 Å². The first-order valence-electron chi connectivity index (χ1n) is 5.24. The van der Waals surface area contributed by atoms with Crippen molar-refractivity contribution in [2.24, 2.45) is 5.73 Å². The Morgan fingerprint density at radius 2 is 2.33 bits per heavy atom. The molecule has 2 rings (SSSR count). The maximum absolute atomic E-state index is 7.33. The van der Waals surface area contributed by atoms with Crippen LogP contribution >= 0.6 is 22.9 Å². The van der Waals surface area contributed by atoms with E-state index in [0.717, 1.165) is 10.7 Å². The number of hydrogen-bond acceptors (Lipinski definition) is 4. The van der Waals surface area contributed by atoms with E-state index in [2.05, 4.69) is 4.98 Å². The Kier molecular flexibility index (Phi) is 3.84. The van der Waals surface area contributed by atoms with Crippen LogP contribution in [0.4, 0.5) is 0 Å². The van der Waals surface area contributed by atoms with E-state index in [4.69, 9.17) is 27.5 Å². The molecule has 94 valence electrons. The van der Waals surface area contributed by atoms with Crippen LogP contribution in [0.3, 0.4) is 0 Å². The summed E-state index contributed by atoms with van der Waals surface area (Å²) in [6.07, 6.45) is 0. The van der Waals surface area contributed by atoms with Gasteiger partial charge in [0, 0.05) is 16.6 Å². The van der Waals surface area contributed by atoms with Gasteiger partial charge in [-0.3, -0.25) is 5.41 Å². The van der Waals surface area contributed by atoms with Gasteiger partial charge in [0.2, 0.25) is 0 Å². The molecular formula is C12H12ClN3OS. The number of hydrogen-bond donors (Lipinski definition) is 2. The molecule has 1 heterocycles. The molecule has 0 saturated carbocycles. The quantitative estimate of drug-likeness (QED) is 0.668. The third-order valence-corrected chi connectivity index (χ3v) is 3.51. The Morgan fingerprint density at radius 3 is 2.89 bits per heavy atom. The van der Waals surface area contributed by atoms with Crippen LogP contribution in [0.5, 0.6) is 5.75 Å². The lowest BCUT2D eigenvalue weighted by molar-refractivity contribution is 0.305. The summed E-state index contributed by atoms with van der Waals surface area (Å²) in [5.41, 5.74) is 6.88. The second-order valence-corrected chi connectivity index (χ2v) is 5.08. The van der Waals surface area contributed by atoms with E-state index in [1.807, 2.05) is 12.3 Å². The van der Waals surface area contributed by atoms with Gasteiger partial charge in [0.05, 0.1) is 5.02 Å². The summed E-state index contributed by atoms with van der Waals surface area (Å²) >= 11 is 7.55. The summed E-state index contributed by atoms with van der Waals surface area (Å²) in [6, 6.07) is 5.06. The fourth-order valence-electron chi connectivity index (χ4n) is 1.42. The van der Waals surface area contributed by atoms with Crippen LogP contribution in [-0.4, -0.2) is 10.8 Å². The number of rotatable bonds is 4. The molecule has 0 atom stereocenters. The SMILES string of the molecule is Cc1csc(COc2ccc(C(=N)N)c(Cl)c2)n1. The topological polar surface area (TPSA) is 72.0 Å². The van der Waals surface area contributed by atoms with Gasteiger partial charge in [0.25, 0.3) is 0 Å². The number of halogens is 1. The number of thiazole rings is 1. The molecule has 6 heteroatoms. The maximum Gasteiger partial charge on any atom is 0.140 e. The fourth-order valence-corrected chi connectivity index (χ4v) is 2.37. The number of nitrogens with zero attached hydrogens (tertiary/aromatic N) is 1. The van der Waals surface area contributed by atoms with Gasteiger partial charge >= 0.3 is 0 Å². The lowest BCUT2D eigenvalue weighted by atomic mass is 10.2. The average molecular weight is 282 g/mol. The summed E-state index contributed by atoms with van der Waals surface area (Å²) in [7, 11) is 0. The van der Waals surface area contributed by atoms with Crippen LogP contribution < -0.4 is 10.5 Å². The van der Waals surface area contributed by atoms with E-state index in [9.17, 15) is 0 Å². The van der Waals surface area contributed by atoms with Crippen LogP contribution in [0, 0.1) is 12.3 Å². The number of benzene rings is 1. The van der Waals surface area contributed by atoms with Crippen molar-refractivity contribution in [3.63, 3.8) is 0 Å². The van der Waals surface area contributed by atoms with Gasteiger partial charge < -0.3 is 10.5 Å². The Balaban J connectivity index is 2.06. The van der Waals surface area contributed by atoms with Gasteiger partial charge in [0.1, 0.15) is 23.2 Å². The zero-order chi connectivity index (χ0) is 13.1. The van der Waals surface area contributed by atoms with Gasteiger partial charge in [-0.05, 0) is 25.1 Å². The molecule has 0 saturated heterocycles. The van der Waals surface area contributed by atoms with Crippen LogP contribution in [0.2, 0.25) is 5.02 Å². The number of aromatic nitrogens is 1. The summed E-state index contributed by atoms with van der Waals surface area (Å²) < 4.78 is 5.57. The first-order chi connectivity index (χ1) is 8.56. The Labute approximate surface area is 114 Å². The summed E-state index contributed by atoms with van der Waals surface area (Å²) in [4.78, 5) is 4.30. The molecule has 4 nitrogen and oxygen atoms in total. The predicted octanol–water partition coefficient (Wildman–Crippen LogP) is 2.97. The van der Waals surface area contributed by atoms with Crippen molar-refractivity contribution in [2.45, 2.75) is 13.5 Å². The number of aryl methyl sites for hydroxylation is 1. The van der Waals surface area contributed by atoms with Crippen molar-refractivity contribution in [1.29, 1.82) is 5.41 Å². The van der Waals surface area contributed by atoms with Crippen LogP contribution in [0.1, 0.15) is 16.3 Å². The molecule has 0 spiro atoms. The molecular weight excluding hydrogens is 270 g/mol. The summed E-state index contributed by atoms with van der Waals surface area (Å²) in [5, 5.41) is 10.6. The average Bonchev–Trinajstić information content (AvgIpc) is 2.72. The summed E-state index contributed by atoms with van der Waals surface area (Å²) in [6.45, 7) is 2.35. The molecule has 0 aliphatic carbocycles. The molecule has 0 aliphatic heterocycles. The highest BCUT2D eigenvalue weighted by atomic mass is 35.5. The largest absolute Gasteiger partial charge is 0.486 e. The Hall–Kier alpha value is -1.59. The Bertz CT molecular complexity index is 582. The highest BCUT2D eigenvalue weighted by molar-refractivity contribution is 7.09. The normalized spacial score (nSPS) is 10.3. The predicted molar refractivity (Wildman–Crippen MR) is 73.7 cm³/mol. The molecule has 1 aromatic heterocycles. The molecule has 0 unspecified atom stereocenters. The lowest BCUT2D eigenvalue weighted by Crippen LogP contribution is -2.11. The van der Waals surface area contributed by atoms with Crippen molar-refractivity contribution >= 4 is 28.8 Å². The van der Waals surface area contributed by atoms with Gasteiger partial charge in [-0.25, -0.2) is 4.98 Å². The third-order valence-electron chi connectivity index (χ3n) is 2.26. The van der Waals surface area contributed by atoms with Crippen molar-refractivity contribution in [1.82, 2.24) is 4.98 Å². The smallest absolute Gasteiger partial charge is 0.140 e. The fraction of sp³-hybridized carbons (Fsp3) is 0.167. The standard InChI is InChI=1S/C12H12ClN3OS/c1-7-6-18-11(16-7)5-17-8-2-3-9(12(14)15)10(13)4-8/h2-4,6H,5H2,1H3,(H3,14,15). The molecule has 18 heavy (non-hydrogen) atoms. The minimum absolute atomic E-state index is 0.0536. The van der Waals surface area contributed by atoms with Crippen LogP contribution in [0.15, 0.2) is 23.6 Å². The van der Waals surface area contributed by atoms with Crippen LogP contribution in [0.25, 0.3) is 0 Å². The zero-order valence-electron chi connectivity index (χ0n) is 9.74. The van der Waals surface area contributed by atoms with E-state index in [1.165, 1.54) is 0 Å². The van der Waals surface area contributed by atoms with Crippen molar-refractivity contribution < 1.29 is 4.74 Å². The van der Waals surface area contributed by atoms with E-state index in [1.54, 1.807) is 29.5 Å². The molecule has 0 aliphatic rings.